The van der Waals surface area contributed by atoms with Crippen molar-refractivity contribution >= 4 is 12.6 Å². The molecule has 0 amide bonds. The molecule has 4 aliphatic rings. The van der Waals surface area contributed by atoms with Gasteiger partial charge in [-0.25, -0.2) is 0 Å². The molecule has 5 rings (SSSR count). The second-order valence-electron chi connectivity index (χ2n) is 7.66. The maximum Gasteiger partial charge on any atom is 0.494 e. The van der Waals surface area contributed by atoms with Crippen LogP contribution in [0.3, 0.4) is 0 Å². The lowest BCUT2D eigenvalue weighted by atomic mass is 9.43. The Kier molecular flexibility index (Phi) is 2.51. The van der Waals surface area contributed by atoms with E-state index >= 15 is 0 Å². The highest BCUT2D eigenvalue weighted by Crippen LogP contribution is 2.65. The smallest absolute Gasteiger partial charge is 0.402 e. The van der Waals surface area contributed by atoms with E-state index in [2.05, 4.69) is 52.0 Å². The van der Waals surface area contributed by atoms with Crippen LogP contribution >= 0.6 is 0 Å². The number of aryl methyl sites for hydroxylation is 1. The molecule has 1 saturated heterocycles. The third-order valence-electron chi connectivity index (χ3n) is 6.39. The number of benzene rings is 1. The average molecular weight is 270 g/mol. The van der Waals surface area contributed by atoms with Crippen molar-refractivity contribution in [2.75, 3.05) is 0 Å². The van der Waals surface area contributed by atoms with E-state index in [1.165, 1.54) is 17.4 Å². The zero-order valence-corrected chi connectivity index (χ0v) is 12.8. The molecule has 20 heavy (non-hydrogen) atoms. The van der Waals surface area contributed by atoms with E-state index in [4.69, 9.17) is 9.31 Å². The molecule has 1 aromatic rings. The summed E-state index contributed by atoms with van der Waals surface area (Å²) in [7, 11) is -0.179. The highest BCUT2D eigenvalue weighted by molar-refractivity contribution is 6.62. The molecule has 2 bridgehead atoms. The van der Waals surface area contributed by atoms with Crippen molar-refractivity contribution < 1.29 is 9.31 Å². The molecule has 1 heterocycles. The Bertz CT molecular complexity index is 556. The highest BCUT2D eigenvalue weighted by Gasteiger charge is 2.68. The van der Waals surface area contributed by atoms with Gasteiger partial charge in [0, 0.05) is 0 Å². The van der Waals surface area contributed by atoms with Gasteiger partial charge in [-0.05, 0) is 49.4 Å². The summed E-state index contributed by atoms with van der Waals surface area (Å²) in [6.45, 7) is 9.21. The maximum atomic E-state index is 6.48. The van der Waals surface area contributed by atoms with Crippen molar-refractivity contribution in [3.63, 3.8) is 0 Å². The Morgan fingerprint density at radius 2 is 1.90 bits per heavy atom. The largest absolute Gasteiger partial charge is 0.494 e. The summed E-state index contributed by atoms with van der Waals surface area (Å²) in [5.41, 5.74) is 2.75. The van der Waals surface area contributed by atoms with Gasteiger partial charge in [0.25, 0.3) is 0 Å². The van der Waals surface area contributed by atoms with Crippen LogP contribution in [0.25, 0.3) is 0 Å². The minimum atomic E-state index is -0.179. The van der Waals surface area contributed by atoms with Crippen molar-refractivity contribution in [1.29, 1.82) is 0 Å². The fraction of sp³-hybridized carbons (Fsp3) is 0.647. The summed E-state index contributed by atoms with van der Waals surface area (Å²) in [5, 5.41) is 0. The van der Waals surface area contributed by atoms with Gasteiger partial charge < -0.3 is 9.31 Å². The van der Waals surface area contributed by atoms with Gasteiger partial charge in [0.15, 0.2) is 0 Å². The van der Waals surface area contributed by atoms with Crippen LogP contribution in [0.4, 0.5) is 0 Å². The molecule has 0 radical (unpaired) electrons. The van der Waals surface area contributed by atoms with Crippen molar-refractivity contribution in [2.45, 2.75) is 52.2 Å². The molecule has 0 spiro atoms. The molecule has 3 saturated carbocycles. The van der Waals surface area contributed by atoms with Crippen molar-refractivity contribution in [3.05, 3.63) is 29.8 Å². The molecule has 1 aliphatic heterocycles. The summed E-state index contributed by atoms with van der Waals surface area (Å²) in [4.78, 5) is 0. The van der Waals surface area contributed by atoms with Crippen molar-refractivity contribution in [2.24, 2.45) is 17.3 Å². The SMILES string of the molecule is Cc1ccccc1B1O[C@@H]2C[C@H]3C[C@H](C3(C)C)[C@@]2(C)O1. The first-order chi connectivity index (χ1) is 9.43. The Hall–Kier alpha value is -0.795. The average Bonchev–Trinajstić information content (AvgIpc) is 2.75. The van der Waals surface area contributed by atoms with E-state index < -0.39 is 0 Å². The van der Waals surface area contributed by atoms with E-state index in [1.807, 2.05) is 0 Å². The van der Waals surface area contributed by atoms with Crippen LogP contribution in [0.2, 0.25) is 0 Å². The Morgan fingerprint density at radius 1 is 1.15 bits per heavy atom. The second-order valence-corrected chi connectivity index (χ2v) is 7.66. The molecule has 3 aliphatic carbocycles. The zero-order chi connectivity index (χ0) is 14.1. The van der Waals surface area contributed by atoms with Gasteiger partial charge in [0.1, 0.15) is 0 Å². The third-order valence-corrected chi connectivity index (χ3v) is 6.39. The standard InChI is InChI=1S/C17H23BO2/c1-11-7-5-6-8-13(11)18-19-15-10-12-9-14(16(12,2)3)17(15,4)20-18/h5-8,12,14-15H,9-10H2,1-4H3/t12-,14-,15-,17-/m1/s1. The minimum absolute atomic E-state index is 0.106. The first-order valence-corrected chi connectivity index (χ1v) is 7.81. The van der Waals surface area contributed by atoms with E-state index in [1.54, 1.807) is 0 Å². The summed E-state index contributed by atoms with van der Waals surface area (Å²) in [6, 6.07) is 8.41. The molecule has 106 valence electrons. The van der Waals surface area contributed by atoms with E-state index in [0.717, 1.165) is 12.3 Å². The van der Waals surface area contributed by atoms with Crippen LogP contribution in [-0.2, 0) is 9.31 Å². The zero-order valence-electron chi connectivity index (χ0n) is 12.8. The van der Waals surface area contributed by atoms with Crippen molar-refractivity contribution in [1.82, 2.24) is 0 Å². The van der Waals surface area contributed by atoms with Gasteiger partial charge in [-0.15, -0.1) is 0 Å². The van der Waals surface area contributed by atoms with Gasteiger partial charge >= 0.3 is 7.12 Å². The molecule has 0 aromatic heterocycles. The Morgan fingerprint density at radius 3 is 2.60 bits per heavy atom. The fourth-order valence-electron chi connectivity index (χ4n) is 4.85. The lowest BCUT2D eigenvalue weighted by molar-refractivity contribution is -0.199. The van der Waals surface area contributed by atoms with Crippen LogP contribution in [0.1, 0.15) is 39.2 Å². The molecular weight excluding hydrogens is 247 g/mol. The number of rotatable bonds is 1. The molecule has 4 fully saturated rings. The van der Waals surface area contributed by atoms with E-state index in [-0.39, 0.29) is 18.8 Å². The summed E-state index contributed by atoms with van der Waals surface area (Å²) in [5.74, 6) is 1.44. The topological polar surface area (TPSA) is 18.5 Å². The van der Waals surface area contributed by atoms with Gasteiger partial charge in [-0.1, -0.05) is 43.7 Å². The molecule has 0 N–H and O–H groups in total. The quantitative estimate of drug-likeness (QED) is 0.730. The predicted octanol–water partition coefficient (Wildman–Crippen LogP) is 2.93. The summed E-state index contributed by atoms with van der Waals surface area (Å²) >= 11 is 0. The van der Waals surface area contributed by atoms with Crippen LogP contribution < -0.4 is 5.46 Å². The Labute approximate surface area is 122 Å². The van der Waals surface area contributed by atoms with Gasteiger partial charge in [0.2, 0.25) is 0 Å². The minimum Gasteiger partial charge on any atom is -0.402 e. The van der Waals surface area contributed by atoms with Crippen LogP contribution in [0, 0.1) is 24.2 Å². The van der Waals surface area contributed by atoms with Gasteiger partial charge in [0.05, 0.1) is 11.7 Å². The van der Waals surface area contributed by atoms with Gasteiger partial charge in [-0.3, -0.25) is 0 Å². The molecular formula is C17H23BO2. The maximum absolute atomic E-state index is 6.48. The van der Waals surface area contributed by atoms with E-state index in [0.29, 0.717) is 11.3 Å². The van der Waals surface area contributed by atoms with Crippen LogP contribution in [0.15, 0.2) is 24.3 Å². The first kappa shape index (κ1) is 12.9. The summed E-state index contributed by atoms with van der Waals surface area (Å²) in [6.07, 6.45) is 2.73. The summed E-state index contributed by atoms with van der Waals surface area (Å²) < 4.78 is 12.8. The Balaban J connectivity index is 1.66. The van der Waals surface area contributed by atoms with E-state index in [9.17, 15) is 0 Å². The monoisotopic (exact) mass is 270 g/mol. The molecule has 0 unspecified atom stereocenters. The number of hydrogen-bond donors (Lipinski definition) is 0. The normalized spacial score (nSPS) is 41.2. The highest BCUT2D eigenvalue weighted by atomic mass is 16.7. The molecule has 2 nitrogen and oxygen atoms in total. The van der Waals surface area contributed by atoms with Crippen LogP contribution in [-0.4, -0.2) is 18.8 Å². The third kappa shape index (κ3) is 1.48. The van der Waals surface area contributed by atoms with Crippen LogP contribution in [0.5, 0.6) is 0 Å². The lowest BCUT2D eigenvalue weighted by Gasteiger charge is -2.64. The lowest BCUT2D eigenvalue weighted by Crippen LogP contribution is -2.65. The van der Waals surface area contributed by atoms with Gasteiger partial charge in [-0.2, -0.15) is 0 Å². The fourth-order valence-corrected chi connectivity index (χ4v) is 4.85. The number of hydrogen-bond acceptors (Lipinski definition) is 2. The van der Waals surface area contributed by atoms with Crippen molar-refractivity contribution in [3.8, 4) is 0 Å². The molecule has 3 heteroatoms. The molecule has 4 atom stereocenters. The first-order valence-electron chi connectivity index (χ1n) is 7.81. The molecule has 1 aromatic carbocycles. The predicted molar refractivity (Wildman–Crippen MR) is 80.9 cm³/mol. The second kappa shape index (κ2) is 3.89.